The lowest BCUT2D eigenvalue weighted by Crippen LogP contribution is -2.59. The molecule has 128 valence electrons. The molecule has 1 aliphatic rings. The second-order valence-corrected chi connectivity index (χ2v) is 7.84. The highest BCUT2D eigenvalue weighted by Crippen LogP contribution is 2.21. The molecule has 0 bridgehead atoms. The topological polar surface area (TPSA) is 56.4 Å². The summed E-state index contributed by atoms with van der Waals surface area (Å²) in [7, 11) is 5.55. The van der Waals surface area contributed by atoms with Crippen LogP contribution >= 0.6 is 12.2 Å². The quantitative estimate of drug-likeness (QED) is 0.683. The Balaban J connectivity index is 2.69. The summed E-state index contributed by atoms with van der Waals surface area (Å²) in [6.07, 6.45) is 4.75. The third-order valence-corrected chi connectivity index (χ3v) is 4.52. The molecule has 0 radical (unpaired) electrons. The molecule has 6 heteroatoms. The van der Waals surface area contributed by atoms with E-state index in [1.807, 2.05) is 27.8 Å². The molecule has 1 saturated carbocycles. The van der Waals surface area contributed by atoms with Gasteiger partial charge in [-0.05, 0) is 37.5 Å². The van der Waals surface area contributed by atoms with E-state index in [0.717, 1.165) is 12.8 Å². The predicted molar refractivity (Wildman–Crippen MR) is 95.9 cm³/mol. The van der Waals surface area contributed by atoms with E-state index in [2.05, 4.69) is 16.0 Å². The molecule has 3 N–H and O–H groups in total. The summed E-state index contributed by atoms with van der Waals surface area (Å²) in [4.78, 5) is 14.0. The zero-order valence-electron chi connectivity index (χ0n) is 14.8. The molecule has 1 amide bonds. The molecular formula is C16H32N4OS. The Morgan fingerprint density at radius 1 is 1.18 bits per heavy atom. The Hall–Kier alpha value is -0.880. The van der Waals surface area contributed by atoms with Crippen molar-refractivity contribution in [3.05, 3.63) is 0 Å². The summed E-state index contributed by atoms with van der Waals surface area (Å²) >= 11 is 5.47. The summed E-state index contributed by atoms with van der Waals surface area (Å²) in [6, 6.07) is 0.430. The summed E-state index contributed by atoms with van der Waals surface area (Å²) in [5.74, 6) is 0.0467. The average Bonchev–Trinajstić information content (AvgIpc) is 2.43. The van der Waals surface area contributed by atoms with Gasteiger partial charge in [0.25, 0.3) is 0 Å². The lowest BCUT2D eigenvalue weighted by molar-refractivity contribution is -0.133. The minimum Gasteiger partial charge on any atom is -0.358 e. The highest BCUT2D eigenvalue weighted by molar-refractivity contribution is 7.80. The second kappa shape index (κ2) is 8.11. The maximum Gasteiger partial charge on any atom is 0.245 e. The number of hydrogen-bond donors (Lipinski definition) is 3. The highest BCUT2D eigenvalue weighted by atomic mass is 32.1. The average molecular weight is 329 g/mol. The third-order valence-electron chi connectivity index (χ3n) is 4.28. The maximum atomic E-state index is 12.4. The molecule has 1 aliphatic carbocycles. The van der Waals surface area contributed by atoms with Gasteiger partial charge in [-0.15, -0.1) is 0 Å². The summed E-state index contributed by atoms with van der Waals surface area (Å²) in [5.41, 5.74) is -0.206. The number of carbonyl (C=O) groups is 1. The van der Waals surface area contributed by atoms with E-state index >= 15 is 0 Å². The molecular weight excluding hydrogens is 296 g/mol. The zero-order chi connectivity index (χ0) is 16.9. The number of nitrogens with zero attached hydrogens (tertiary/aromatic N) is 1. The van der Waals surface area contributed by atoms with E-state index in [0.29, 0.717) is 17.2 Å². The fraction of sp³-hybridized carbons (Fsp3) is 0.875. The van der Waals surface area contributed by atoms with Crippen molar-refractivity contribution < 1.29 is 4.79 Å². The van der Waals surface area contributed by atoms with Gasteiger partial charge in [-0.3, -0.25) is 4.79 Å². The summed E-state index contributed by atoms with van der Waals surface area (Å²) in [5, 5.41) is 10.6. The van der Waals surface area contributed by atoms with Gasteiger partial charge in [0.1, 0.15) is 6.04 Å². The second-order valence-electron chi connectivity index (χ2n) is 7.44. The van der Waals surface area contributed by atoms with Gasteiger partial charge in [0.15, 0.2) is 5.11 Å². The van der Waals surface area contributed by atoms with Crippen LogP contribution in [0.2, 0.25) is 0 Å². The van der Waals surface area contributed by atoms with Crippen LogP contribution in [-0.4, -0.2) is 55.2 Å². The predicted octanol–water partition coefficient (Wildman–Crippen LogP) is 1.48. The first-order valence-electron chi connectivity index (χ1n) is 8.12. The van der Waals surface area contributed by atoms with Gasteiger partial charge in [0.05, 0.1) is 0 Å². The molecule has 1 rings (SSSR count). The largest absolute Gasteiger partial charge is 0.358 e. The van der Waals surface area contributed by atoms with Gasteiger partial charge in [-0.1, -0.05) is 33.6 Å². The molecule has 0 saturated heterocycles. The number of thiocarbonyl (C=S) groups is 1. The van der Waals surface area contributed by atoms with Crippen molar-refractivity contribution in [2.45, 2.75) is 64.6 Å². The van der Waals surface area contributed by atoms with Crippen LogP contribution in [0.1, 0.15) is 46.5 Å². The minimum absolute atomic E-state index is 0.0467. The number of likely N-dealkylation sites (N-methyl/N-ethyl adjacent to an activating group) is 2. The molecule has 0 aliphatic heterocycles. The van der Waals surface area contributed by atoms with Crippen LogP contribution < -0.4 is 16.0 Å². The molecule has 0 aromatic rings. The van der Waals surface area contributed by atoms with Crippen molar-refractivity contribution in [1.29, 1.82) is 0 Å². The summed E-state index contributed by atoms with van der Waals surface area (Å²) < 4.78 is 0. The van der Waals surface area contributed by atoms with Gasteiger partial charge in [-0.2, -0.15) is 0 Å². The number of nitrogens with one attached hydrogen (secondary N) is 3. The van der Waals surface area contributed by atoms with Gasteiger partial charge in [0.2, 0.25) is 5.91 Å². The van der Waals surface area contributed by atoms with E-state index in [4.69, 9.17) is 12.2 Å². The van der Waals surface area contributed by atoms with E-state index < -0.39 is 0 Å². The smallest absolute Gasteiger partial charge is 0.245 e. The maximum absolute atomic E-state index is 12.4. The third kappa shape index (κ3) is 5.39. The number of carbonyl (C=O) groups excluding carboxylic acids is 1. The minimum atomic E-state index is -0.334. The van der Waals surface area contributed by atoms with Crippen molar-refractivity contribution in [2.24, 2.45) is 5.41 Å². The molecule has 22 heavy (non-hydrogen) atoms. The van der Waals surface area contributed by atoms with Crippen molar-refractivity contribution in [3.63, 3.8) is 0 Å². The Morgan fingerprint density at radius 3 is 2.18 bits per heavy atom. The van der Waals surface area contributed by atoms with Gasteiger partial charge in [0, 0.05) is 26.2 Å². The number of hydrogen-bond acceptors (Lipinski definition) is 3. The van der Waals surface area contributed by atoms with Crippen LogP contribution in [0.5, 0.6) is 0 Å². The Labute approximate surface area is 140 Å². The van der Waals surface area contributed by atoms with Crippen LogP contribution in [0.25, 0.3) is 0 Å². The first-order chi connectivity index (χ1) is 10.2. The van der Waals surface area contributed by atoms with Crippen LogP contribution in [0.15, 0.2) is 0 Å². The Kier molecular flexibility index (Phi) is 7.06. The van der Waals surface area contributed by atoms with Crippen LogP contribution in [-0.2, 0) is 4.79 Å². The molecule has 5 nitrogen and oxygen atoms in total. The van der Waals surface area contributed by atoms with Gasteiger partial charge < -0.3 is 20.9 Å². The standard InChI is InChI=1S/C16H32N4OS/c1-16(2,3)13(14(21)20(5)6)19-15(22)18-12-10-8-7-9-11(12)17-4/h11-13,17H,7-10H2,1-6H3,(H2,18,19,22)/t11-,12-,13-/m1/s1. The number of rotatable bonds is 4. The fourth-order valence-corrected chi connectivity index (χ4v) is 3.17. The molecule has 0 aromatic heterocycles. The van der Waals surface area contributed by atoms with E-state index in [9.17, 15) is 4.79 Å². The molecule has 0 heterocycles. The molecule has 0 unspecified atom stereocenters. The molecule has 0 aromatic carbocycles. The Bertz CT molecular complexity index is 392. The lowest BCUT2D eigenvalue weighted by atomic mass is 9.86. The van der Waals surface area contributed by atoms with Crippen LogP contribution in [0.3, 0.4) is 0 Å². The van der Waals surface area contributed by atoms with Gasteiger partial charge in [-0.25, -0.2) is 0 Å². The molecule has 0 spiro atoms. The van der Waals surface area contributed by atoms with Gasteiger partial charge >= 0.3 is 0 Å². The fourth-order valence-electron chi connectivity index (χ4n) is 2.90. The molecule has 3 atom stereocenters. The lowest BCUT2D eigenvalue weighted by Gasteiger charge is -2.36. The first-order valence-corrected chi connectivity index (χ1v) is 8.53. The zero-order valence-corrected chi connectivity index (χ0v) is 15.6. The van der Waals surface area contributed by atoms with Crippen LogP contribution in [0.4, 0.5) is 0 Å². The van der Waals surface area contributed by atoms with Crippen molar-refractivity contribution in [1.82, 2.24) is 20.9 Å². The summed E-state index contributed by atoms with van der Waals surface area (Å²) in [6.45, 7) is 6.14. The highest BCUT2D eigenvalue weighted by Gasteiger charge is 2.33. The van der Waals surface area contributed by atoms with E-state index in [-0.39, 0.29) is 17.4 Å². The monoisotopic (exact) mass is 328 g/mol. The van der Waals surface area contributed by atoms with E-state index in [1.54, 1.807) is 19.0 Å². The SMILES string of the molecule is CN[C@@H]1CCCC[C@H]1NC(=S)N[C@H](C(=O)N(C)C)C(C)(C)C. The normalized spacial score (nSPS) is 23.5. The van der Waals surface area contributed by atoms with E-state index in [1.165, 1.54) is 12.8 Å². The Morgan fingerprint density at radius 2 is 1.73 bits per heavy atom. The number of amides is 1. The molecule has 1 fully saturated rings. The van der Waals surface area contributed by atoms with Crippen molar-refractivity contribution in [2.75, 3.05) is 21.1 Å². The van der Waals surface area contributed by atoms with Crippen LogP contribution in [0, 0.1) is 5.41 Å². The van der Waals surface area contributed by atoms with Crippen molar-refractivity contribution in [3.8, 4) is 0 Å². The van der Waals surface area contributed by atoms with Crippen molar-refractivity contribution >= 4 is 23.2 Å². The first kappa shape index (κ1) is 19.2.